The first-order chi connectivity index (χ1) is 13.8. The molecular weight excluding hydrogens is 364 g/mol. The molecule has 0 fully saturated rings. The molecule has 4 nitrogen and oxygen atoms in total. The fraction of sp³-hybridized carbons (Fsp3) is 0. The van der Waals surface area contributed by atoms with E-state index in [4.69, 9.17) is 12.2 Å². The van der Waals surface area contributed by atoms with E-state index in [1.165, 1.54) is 10.8 Å². The Balaban J connectivity index is 1.49. The molecule has 0 aliphatic heterocycles. The summed E-state index contributed by atoms with van der Waals surface area (Å²) in [6, 6.07) is 24.4. The van der Waals surface area contributed by atoms with Crippen LogP contribution in [0, 0.1) is 0 Å². The molecule has 0 bridgehead atoms. The van der Waals surface area contributed by atoms with Gasteiger partial charge in [-0.05, 0) is 59.4 Å². The zero-order valence-corrected chi connectivity index (χ0v) is 15.7. The first kappa shape index (κ1) is 16.6. The van der Waals surface area contributed by atoms with Gasteiger partial charge in [0.1, 0.15) is 0 Å². The number of rotatable bonds is 2. The van der Waals surface area contributed by atoms with Crippen molar-refractivity contribution in [3.8, 4) is 0 Å². The number of nitrogens with zero attached hydrogens (tertiary/aromatic N) is 2. The largest absolute Gasteiger partial charge is 0.332 e. The molecule has 0 radical (unpaired) electrons. The average Bonchev–Trinajstić information content (AvgIpc) is 2.74. The van der Waals surface area contributed by atoms with Crippen LogP contribution in [0.5, 0.6) is 0 Å². The second kappa shape index (κ2) is 6.87. The van der Waals surface area contributed by atoms with Crippen LogP contribution >= 0.6 is 12.2 Å². The minimum Gasteiger partial charge on any atom is -0.332 e. The molecule has 0 aliphatic rings. The van der Waals surface area contributed by atoms with Gasteiger partial charge in [0.2, 0.25) is 0 Å². The van der Waals surface area contributed by atoms with Crippen LogP contribution in [0.1, 0.15) is 0 Å². The summed E-state index contributed by atoms with van der Waals surface area (Å²) in [7, 11) is 0. The van der Waals surface area contributed by atoms with E-state index in [-0.39, 0.29) is 0 Å². The van der Waals surface area contributed by atoms with Crippen LogP contribution in [0.4, 0.5) is 11.4 Å². The van der Waals surface area contributed by atoms with Crippen molar-refractivity contribution in [1.29, 1.82) is 0 Å². The van der Waals surface area contributed by atoms with Crippen molar-refractivity contribution in [1.82, 2.24) is 9.97 Å². The van der Waals surface area contributed by atoms with E-state index >= 15 is 0 Å². The Hall–Kier alpha value is -3.57. The Labute approximate surface area is 167 Å². The molecule has 2 heterocycles. The lowest BCUT2D eigenvalue weighted by Crippen LogP contribution is -2.19. The molecule has 0 amide bonds. The zero-order chi connectivity index (χ0) is 18.9. The number of pyridine rings is 2. The maximum absolute atomic E-state index is 5.57. The Morgan fingerprint density at radius 1 is 0.679 bits per heavy atom. The van der Waals surface area contributed by atoms with Gasteiger partial charge in [-0.1, -0.05) is 36.4 Å². The number of nitrogens with one attached hydrogen (secondary N) is 2. The molecule has 0 saturated heterocycles. The van der Waals surface area contributed by atoms with E-state index in [1.54, 1.807) is 12.4 Å². The molecule has 5 heteroatoms. The monoisotopic (exact) mass is 380 g/mol. The molecule has 5 aromatic rings. The van der Waals surface area contributed by atoms with E-state index in [9.17, 15) is 0 Å². The van der Waals surface area contributed by atoms with Gasteiger partial charge < -0.3 is 10.6 Å². The van der Waals surface area contributed by atoms with E-state index in [0.29, 0.717) is 5.11 Å². The van der Waals surface area contributed by atoms with Gasteiger partial charge in [0.05, 0.1) is 16.7 Å². The Kier molecular flexibility index (Phi) is 4.07. The molecule has 0 unspecified atom stereocenters. The molecular formula is C23H16N4S. The first-order valence-corrected chi connectivity index (χ1v) is 9.38. The van der Waals surface area contributed by atoms with E-state index < -0.39 is 0 Å². The number of fused-ring (bicyclic) bond motifs is 4. The molecule has 0 atom stereocenters. The third kappa shape index (κ3) is 3.02. The second-order valence-corrected chi connectivity index (χ2v) is 6.95. The Bertz CT molecular complexity index is 1350. The van der Waals surface area contributed by atoms with Crippen molar-refractivity contribution in [3.05, 3.63) is 85.2 Å². The standard InChI is InChI=1S/C23H16N4S/c28-23(26-18-10-9-15-5-1-2-6-16(15)13-18)27-20-14-17-7-3-11-24-21(17)22-19(20)8-4-12-25-22/h1-14H,(H2,26,27,28). The van der Waals surface area contributed by atoms with Gasteiger partial charge in [-0.15, -0.1) is 0 Å². The summed E-state index contributed by atoms with van der Waals surface area (Å²) in [5, 5.41) is 11.5. The van der Waals surface area contributed by atoms with Crippen LogP contribution < -0.4 is 10.6 Å². The lowest BCUT2D eigenvalue weighted by Gasteiger charge is -2.14. The molecule has 5 rings (SSSR count). The van der Waals surface area contributed by atoms with Gasteiger partial charge in [-0.3, -0.25) is 9.97 Å². The highest BCUT2D eigenvalue weighted by Gasteiger charge is 2.09. The van der Waals surface area contributed by atoms with Gasteiger partial charge in [0.15, 0.2) is 5.11 Å². The van der Waals surface area contributed by atoms with Crippen molar-refractivity contribution < 1.29 is 0 Å². The summed E-state index contributed by atoms with van der Waals surface area (Å²) in [4.78, 5) is 9.02. The third-order valence-electron chi connectivity index (χ3n) is 4.72. The topological polar surface area (TPSA) is 49.8 Å². The molecule has 0 saturated carbocycles. The number of hydrogen-bond acceptors (Lipinski definition) is 3. The van der Waals surface area contributed by atoms with Crippen LogP contribution in [-0.4, -0.2) is 15.1 Å². The van der Waals surface area contributed by atoms with Crippen molar-refractivity contribution in [2.45, 2.75) is 0 Å². The molecule has 2 aromatic heterocycles. The Morgan fingerprint density at radius 3 is 2.32 bits per heavy atom. The first-order valence-electron chi connectivity index (χ1n) is 8.97. The summed E-state index contributed by atoms with van der Waals surface area (Å²) in [5.74, 6) is 0. The molecule has 2 N–H and O–H groups in total. The van der Waals surface area contributed by atoms with Gasteiger partial charge in [0.25, 0.3) is 0 Å². The quantitative estimate of drug-likeness (QED) is 0.302. The highest BCUT2D eigenvalue weighted by molar-refractivity contribution is 7.80. The summed E-state index contributed by atoms with van der Waals surface area (Å²) >= 11 is 5.57. The normalized spacial score (nSPS) is 11.0. The van der Waals surface area contributed by atoms with Crippen LogP contribution in [0.15, 0.2) is 85.2 Å². The fourth-order valence-electron chi connectivity index (χ4n) is 3.43. The van der Waals surface area contributed by atoms with E-state index in [0.717, 1.165) is 33.2 Å². The van der Waals surface area contributed by atoms with Crippen LogP contribution in [0.3, 0.4) is 0 Å². The number of anilines is 2. The lowest BCUT2D eigenvalue weighted by molar-refractivity contribution is 1.37. The number of aromatic nitrogens is 2. The van der Waals surface area contributed by atoms with Gasteiger partial charge in [-0.2, -0.15) is 0 Å². The predicted molar refractivity (Wildman–Crippen MR) is 121 cm³/mol. The molecule has 0 aliphatic carbocycles. The molecule has 0 spiro atoms. The lowest BCUT2D eigenvalue weighted by atomic mass is 10.1. The van der Waals surface area contributed by atoms with Crippen molar-refractivity contribution >= 4 is 61.3 Å². The van der Waals surface area contributed by atoms with Crippen LogP contribution in [0.2, 0.25) is 0 Å². The number of thiocarbonyl (C=S) groups is 1. The highest BCUT2D eigenvalue weighted by atomic mass is 32.1. The maximum Gasteiger partial charge on any atom is 0.175 e. The average molecular weight is 380 g/mol. The maximum atomic E-state index is 5.57. The second-order valence-electron chi connectivity index (χ2n) is 6.54. The van der Waals surface area contributed by atoms with E-state index in [1.807, 2.05) is 42.5 Å². The van der Waals surface area contributed by atoms with Gasteiger partial charge in [0, 0.05) is 28.9 Å². The van der Waals surface area contributed by atoms with Crippen molar-refractivity contribution in [2.24, 2.45) is 0 Å². The number of benzene rings is 3. The predicted octanol–water partition coefficient (Wildman–Crippen LogP) is 5.75. The summed E-state index contributed by atoms with van der Waals surface area (Å²) in [5.41, 5.74) is 3.59. The number of hydrogen-bond donors (Lipinski definition) is 2. The zero-order valence-electron chi connectivity index (χ0n) is 14.9. The third-order valence-corrected chi connectivity index (χ3v) is 4.92. The molecule has 134 valence electrons. The van der Waals surface area contributed by atoms with Gasteiger partial charge in [-0.25, -0.2) is 0 Å². The van der Waals surface area contributed by atoms with Crippen LogP contribution in [-0.2, 0) is 0 Å². The summed E-state index contributed by atoms with van der Waals surface area (Å²) in [6.45, 7) is 0. The highest BCUT2D eigenvalue weighted by Crippen LogP contribution is 2.29. The fourth-order valence-corrected chi connectivity index (χ4v) is 3.66. The van der Waals surface area contributed by atoms with Crippen LogP contribution in [0.25, 0.3) is 32.6 Å². The van der Waals surface area contributed by atoms with Crippen molar-refractivity contribution in [2.75, 3.05) is 10.6 Å². The van der Waals surface area contributed by atoms with Crippen molar-refractivity contribution in [3.63, 3.8) is 0 Å². The molecule has 28 heavy (non-hydrogen) atoms. The van der Waals surface area contributed by atoms with E-state index in [2.05, 4.69) is 50.9 Å². The Morgan fingerprint density at radius 2 is 1.43 bits per heavy atom. The SMILES string of the molecule is S=C(Nc1ccc2ccccc2c1)Nc1cc2cccnc2c2ncccc12. The van der Waals surface area contributed by atoms with Gasteiger partial charge >= 0.3 is 0 Å². The summed E-state index contributed by atoms with van der Waals surface area (Å²) in [6.07, 6.45) is 3.57. The smallest absolute Gasteiger partial charge is 0.175 e. The molecule has 3 aromatic carbocycles. The minimum atomic E-state index is 0.531. The summed E-state index contributed by atoms with van der Waals surface area (Å²) < 4.78 is 0. The minimum absolute atomic E-state index is 0.531.